The summed E-state index contributed by atoms with van der Waals surface area (Å²) in [4.78, 5) is 54.3. The van der Waals surface area contributed by atoms with Gasteiger partial charge in [-0.3, -0.25) is 19.2 Å². The fraction of sp³-hybridized carbons (Fsp3) is 0.360. The zero-order valence-corrected chi connectivity index (χ0v) is 23.6. The van der Waals surface area contributed by atoms with Gasteiger partial charge in [0.25, 0.3) is 17.7 Å². The quantitative estimate of drug-likeness (QED) is 0.233. The van der Waals surface area contributed by atoms with E-state index in [4.69, 9.17) is 23.2 Å². The van der Waals surface area contributed by atoms with Gasteiger partial charge in [-0.25, -0.2) is 5.01 Å². The van der Waals surface area contributed by atoms with E-state index in [0.29, 0.717) is 23.4 Å². The minimum Gasteiger partial charge on any atom is -0.292 e. The maximum absolute atomic E-state index is 13.8. The molecule has 0 aromatic heterocycles. The highest BCUT2D eigenvalue weighted by Gasteiger charge is 2.55. The van der Waals surface area contributed by atoms with Gasteiger partial charge in [0.05, 0.1) is 22.4 Å². The Morgan fingerprint density at radius 3 is 2.03 bits per heavy atom. The molecular formula is C25H22Br2Cl2N2O4. The minimum atomic E-state index is -1.15. The van der Waals surface area contributed by atoms with Crippen molar-refractivity contribution in [2.75, 3.05) is 0 Å². The van der Waals surface area contributed by atoms with Gasteiger partial charge >= 0.3 is 0 Å². The fourth-order valence-electron chi connectivity index (χ4n) is 4.59. The molecule has 1 aliphatic carbocycles. The first kappa shape index (κ1) is 26.3. The van der Waals surface area contributed by atoms with Gasteiger partial charge in [0, 0.05) is 20.2 Å². The van der Waals surface area contributed by atoms with Crippen molar-refractivity contribution in [1.29, 1.82) is 0 Å². The van der Waals surface area contributed by atoms with Crippen molar-refractivity contribution in [3.63, 3.8) is 0 Å². The summed E-state index contributed by atoms with van der Waals surface area (Å²) in [6.07, 6.45) is 0.872. The number of aryl methyl sites for hydroxylation is 1. The summed E-state index contributed by atoms with van der Waals surface area (Å²) in [5.74, 6) is -3.30. The summed E-state index contributed by atoms with van der Waals surface area (Å²) in [7, 11) is 0. The lowest BCUT2D eigenvalue weighted by atomic mass is 9.81. The third kappa shape index (κ3) is 4.95. The molecule has 1 saturated carbocycles. The Hall–Kier alpha value is -1.74. The predicted molar refractivity (Wildman–Crippen MR) is 141 cm³/mol. The van der Waals surface area contributed by atoms with Crippen LogP contribution in [-0.2, 0) is 9.59 Å². The number of carbonyl (C=O) groups is 4. The molecule has 2 aromatic rings. The standard InChI is InChI=1S/C25H22Br2Cl2N2O4/c1-12-3-5-14(6-4-12)22(32)13(2)30(23(33)16-8-7-15(28)9-21(16)29)31-24(34)17-10-19(26)20(27)11-18(17)25(31)35/h3-9,13,17-20H,10-11H2,1-2H3/t13-,17-,18+,19-,20-/m0/s1. The molecule has 0 bridgehead atoms. The Morgan fingerprint density at radius 2 is 1.51 bits per heavy atom. The normalized spacial score (nSPS) is 24.8. The molecule has 3 amide bonds. The van der Waals surface area contributed by atoms with Crippen LogP contribution in [0.3, 0.4) is 0 Å². The van der Waals surface area contributed by atoms with E-state index in [0.717, 1.165) is 15.6 Å². The summed E-state index contributed by atoms with van der Waals surface area (Å²) in [6, 6.07) is 10.1. The third-order valence-corrected chi connectivity index (χ3v) is 9.84. The molecule has 0 radical (unpaired) electrons. The maximum atomic E-state index is 13.8. The highest BCUT2D eigenvalue weighted by molar-refractivity contribution is 9.12. The second kappa shape index (κ2) is 10.3. The van der Waals surface area contributed by atoms with Crippen LogP contribution in [0.4, 0.5) is 0 Å². The Labute approximate surface area is 230 Å². The number of hydrazine groups is 1. The lowest BCUT2D eigenvalue weighted by molar-refractivity contribution is -0.156. The largest absolute Gasteiger partial charge is 0.292 e. The number of nitrogens with zero attached hydrogens (tertiary/aromatic N) is 2. The molecule has 1 aliphatic heterocycles. The van der Waals surface area contributed by atoms with Crippen molar-refractivity contribution < 1.29 is 19.2 Å². The highest BCUT2D eigenvalue weighted by atomic mass is 79.9. The van der Waals surface area contributed by atoms with Crippen LogP contribution in [0.2, 0.25) is 10.0 Å². The summed E-state index contributed by atoms with van der Waals surface area (Å²) >= 11 is 19.5. The number of carbonyl (C=O) groups excluding carboxylic acids is 4. The SMILES string of the molecule is Cc1ccc(C(=O)[C@H](C)N(C(=O)c2ccc(Cl)cc2Cl)N2C(=O)[C@H]3C[C@H](Br)[C@@H](Br)C[C@H]3C2=O)cc1. The van der Waals surface area contributed by atoms with Gasteiger partial charge in [-0.05, 0) is 44.9 Å². The number of Topliss-reactive ketones (excluding diaryl/α,β-unsaturated/α-hetero) is 1. The molecule has 184 valence electrons. The van der Waals surface area contributed by atoms with E-state index in [2.05, 4.69) is 31.9 Å². The lowest BCUT2D eigenvalue weighted by Crippen LogP contribution is -2.56. The molecule has 35 heavy (non-hydrogen) atoms. The van der Waals surface area contributed by atoms with Gasteiger partial charge in [0.15, 0.2) is 5.78 Å². The molecule has 2 aliphatic rings. The highest BCUT2D eigenvalue weighted by Crippen LogP contribution is 2.44. The molecule has 1 heterocycles. The summed E-state index contributed by atoms with van der Waals surface area (Å²) in [6.45, 7) is 3.40. The fourth-order valence-corrected chi connectivity index (χ4v) is 6.31. The number of amides is 3. The van der Waals surface area contributed by atoms with E-state index in [9.17, 15) is 19.2 Å². The van der Waals surface area contributed by atoms with Crippen molar-refractivity contribution in [2.45, 2.75) is 42.4 Å². The van der Waals surface area contributed by atoms with Crippen molar-refractivity contribution >= 4 is 78.6 Å². The molecule has 0 unspecified atom stereocenters. The Bertz CT molecular complexity index is 1180. The summed E-state index contributed by atoms with van der Waals surface area (Å²) in [5.41, 5.74) is 1.37. The van der Waals surface area contributed by atoms with E-state index >= 15 is 0 Å². The number of benzene rings is 2. The first-order valence-electron chi connectivity index (χ1n) is 11.1. The van der Waals surface area contributed by atoms with Gasteiger partial charge in [-0.2, -0.15) is 5.01 Å². The van der Waals surface area contributed by atoms with Gasteiger partial charge in [-0.1, -0.05) is 84.9 Å². The van der Waals surface area contributed by atoms with Crippen LogP contribution < -0.4 is 0 Å². The van der Waals surface area contributed by atoms with Crippen LogP contribution >= 0.6 is 55.1 Å². The Morgan fingerprint density at radius 1 is 0.971 bits per heavy atom. The van der Waals surface area contributed by atoms with E-state index in [1.807, 2.05) is 6.92 Å². The van der Waals surface area contributed by atoms with E-state index in [1.165, 1.54) is 25.1 Å². The maximum Gasteiger partial charge on any atom is 0.275 e. The molecule has 1 saturated heterocycles. The number of imide groups is 1. The number of fused-ring (bicyclic) bond motifs is 1. The number of rotatable bonds is 5. The Kier molecular flexibility index (Phi) is 7.77. The Balaban J connectivity index is 1.77. The second-order valence-corrected chi connectivity index (χ2v) is 12.1. The average molecular weight is 645 g/mol. The van der Waals surface area contributed by atoms with Crippen LogP contribution in [0.5, 0.6) is 0 Å². The zero-order valence-electron chi connectivity index (χ0n) is 18.9. The average Bonchev–Trinajstić information content (AvgIpc) is 3.04. The van der Waals surface area contributed by atoms with Crippen molar-refractivity contribution in [3.05, 3.63) is 69.2 Å². The van der Waals surface area contributed by atoms with Gasteiger partial charge < -0.3 is 0 Å². The summed E-state index contributed by atoms with van der Waals surface area (Å²) in [5, 5.41) is 2.21. The van der Waals surface area contributed by atoms with Crippen LogP contribution in [0.15, 0.2) is 42.5 Å². The summed E-state index contributed by atoms with van der Waals surface area (Å²) < 4.78 is 0. The zero-order chi connectivity index (χ0) is 25.6. The second-order valence-electron chi connectivity index (χ2n) is 8.88. The first-order chi connectivity index (χ1) is 16.5. The first-order valence-corrected chi connectivity index (χ1v) is 13.6. The van der Waals surface area contributed by atoms with Gasteiger partial charge in [0.2, 0.25) is 0 Å². The molecule has 5 atom stereocenters. The van der Waals surface area contributed by atoms with Crippen molar-refractivity contribution in [3.8, 4) is 0 Å². The van der Waals surface area contributed by atoms with Crippen molar-refractivity contribution in [1.82, 2.24) is 10.0 Å². The molecule has 4 rings (SSSR count). The van der Waals surface area contributed by atoms with Crippen LogP contribution in [0, 0.1) is 18.8 Å². The van der Waals surface area contributed by atoms with Gasteiger partial charge in [0.1, 0.15) is 6.04 Å². The van der Waals surface area contributed by atoms with Crippen molar-refractivity contribution in [2.24, 2.45) is 11.8 Å². The van der Waals surface area contributed by atoms with Gasteiger partial charge in [-0.15, -0.1) is 0 Å². The molecule has 6 nitrogen and oxygen atoms in total. The number of alkyl halides is 2. The van der Waals surface area contributed by atoms with E-state index in [1.54, 1.807) is 24.3 Å². The van der Waals surface area contributed by atoms with Crippen LogP contribution in [-0.4, -0.2) is 49.2 Å². The number of halogens is 4. The molecule has 10 heteroatoms. The molecule has 2 fully saturated rings. The van der Waals surface area contributed by atoms with E-state index < -0.39 is 41.4 Å². The predicted octanol–water partition coefficient (Wildman–Crippen LogP) is 5.85. The molecular weight excluding hydrogens is 623 g/mol. The van der Waals surface area contributed by atoms with E-state index in [-0.39, 0.29) is 20.2 Å². The minimum absolute atomic E-state index is 0.00178. The topological polar surface area (TPSA) is 74.8 Å². The van der Waals surface area contributed by atoms with Crippen LogP contribution in [0.25, 0.3) is 0 Å². The number of ketones is 1. The number of hydrogen-bond acceptors (Lipinski definition) is 4. The monoisotopic (exact) mass is 642 g/mol. The molecule has 0 spiro atoms. The lowest BCUT2D eigenvalue weighted by Gasteiger charge is -2.35. The smallest absolute Gasteiger partial charge is 0.275 e. The van der Waals surface area contributed by atoms with Crippen LogP contribution in [0.1, 0.15) is 46.0 Å². The third-order valence-electron chi connectivity index (χ3n) is 6.56. The number of hydrogen-bond donors (Lipinski definition) is 0. The molecule has 0 N–H and O–H groups in total. The molecule has 2 aromatic carbocycles.